The standard InChI is InChI=1S/C31H28NO/c1-19-24-11-7-6-10-22(24)17-27-29(19)31-30-25(14-15-32(31)2)26-16-21(20-8-4-3-5-9-20)12-13-23(26)18-28(30)33-27/h6-7,10-18,20H,3-5,8-9H2,1-2H3/q+1. The van der Waals surface area contributed by atoms with Crippen LogP contribution < -0.4 is 9.30 Å². The van der Waals surface area contributed by atoms with Gasteiger partial charge < -0.3 is 4.74 Å². The molecule has 162 valence electrons. The molecule has 0 radical (unpaired) electrons. The molecular weight excluding hydrogens is 402 g/mol. The molecule has 0 saturated heterocycles. The van der Waals surface area contributed by atoms with Crippen LogP contribution in [-0.2, 0) is 7.05 Å². The molecule has 0 spiro atoms. The third-order valence-corrected chi connectivity index (χ3v) is 8.03. The summed E-state index contributed by atoms with van der Waals surface area (Å²) in [6.45, 7) is 2.23. The summed E-state index contributed by atoms with van der Waals surface area (Å²) >= 11 is 0. The summed E-state index contributed by atoms with van der Waals surface area (Å²) in [5, 5.41) is 7.67. The van der Waals surface area contributed by atoms with Gasteiger partial charge in [-0.1, -0.05) is 61.7 Å². The molecule has 2 heteroatoms. The number of rotatable bonds is 1. The van der Waals surface area contributed by atoms with Gasteiger partial charge in [0.25, 0.3) is 0 Å². The maximum absolute atomic E-state index is 6.63. The zero-order valence-electron chi connectivity index (χ0n) is 19.3. The molecular formula is C31H28NO+. The highest BCUT2D eigenvalue weighted by molar-refractivity contribution is 6.16. The first-order chi connectivity index (χ1) is 16.2. The predicted octanol–water partition coefficient (Wildman–Crippen LogP) is 8.10. The molecule has 1 aromatic heterocycles. The van der Waals surface area contributed by atoms with Gasteiger partial charge in [-0.3, -0.25) is 0 Å². The van der Waals surface area contributed by atoms with Gasteiger partial charge in [0.1, 0.15) is 18.5 Å². The van der Waals surface area contributed by atoms with E-state index in [9.17, 15) is 0 Å². The second kappa shape index (κ2) is 7.05. The average molecular weight is 431 g/mol. The smallest absolute Gasteiger partial charge is 0.228 e. The summed E-state index contributed by atoms with van der Waals surface area (Å²) in [6, 6.07) is 22.5. The van der Waals surface area contributed by atoms with Crippen LogP contribution >= 0.6 is 0 Å². The number of benzene rings is 4. The SMILES string of the molecule is Cc1c2c(cc3ccccc13)Oc1cc3ccc(C4CCCCC4)cc3c3cc[n+](C)c-2c13. The number of aromatic nitrogens is 1. The largest absolute Gasteiger partial charge is 0.456 e. The van der Waals surface area contributed by atoms with Crippen molar-refractivity contribution in [2.75, 3.05) is 0 Å². The van der Waals surface area contributed by atoms with E-state index in [1.54, 1.807) is 0 Å². The Balaban J connectivity index is 1.54. The van der Waals surface area contributed by atoms with Crippen molar-refractivity contribution in [3.63, 3.8) is 0 Å². The van der Waals surface area contributed by atoms with Gasteiger partial charge in [-0.05, 0) is 70.5 Å². The highest BCUT2D eigenvalue weighted by Crippen LogP contribution is 2.50. The molecule has 33 heavy (non-hydrogen) atoms. The summed E-state index contributed by atoms with van der Waals surface area (Å²) in [5.74, 6) is 2.63. The summed E-state index contributed by atoms with van der Waals surface area (Å²) in [4.78, 5) is 0. The molecule has 4 aromatic carbocycles. The van der Waals surface area contributed by atoms with Crippen LogP contribution in [0.1, 0.15) is 49.1 Å². The van der Waals surface area contributed by atoms with Gasteiger partial charge in [0.15, 0.2) is 6.20 Å². The van der Waals surface area contributed by atoms with Crippen LogP contribution in [-0.4, -0.2) is 0 Å². The van der Waals surface area contributed by atoms with E-state index in [2.05, 4.69) is 85.4 Å². The first-order valence-electron chi connectivity index (χ1n) is 12.3. The molecule has 0 atom stereocenters. The van der Waals surface area contributed by atoms with Gasteiger partial charge in [-0.25, -0.2) is 4.57 Å². The molecule has 1 aliphatic heterocycles. The molecule has 7 rings (SSSR count). The highest BCUT2D eigenvalue weighted by atomic mass is 16.5. The van der Waals surface area contributed by atoms with E-state index in [-0.39, 0.29) is 0 Å². The van der Waals surface area contributed by atoms with Gasteiger partial charge >= 0.3 is 0 Å². The Hall–Kier alpha value is -3.39. The van der Waals surface area contributed by atoms with Crippen molar-refractivity contribution in [3.8, 4) is 22.8 Å². The second-order valence-corrected chi connectivity index (χ2v) is 9.95. The van der Waals surface area contributed by atoms with Crippen molar-refractivity contribution in [2.45, 2.75) is 44.9 Å². The predicted molar refractivity (Wildman–Crippen MR) is 136 cm³/mol. The third kappa shape index (κ3) is 2.76. The van der Waals surface area contributed by atoms with Crippen LogP contribution in [0.15, 0.2) is 66.9 Å². The van der Waals surface area contributed by atoms with E-state index < -0.39 is 0 Å². The number of nitrogens with zero attached hydrogens (tertiary/aromatic N) is 1. The van der Waals surface area contributed by atoms with E-state index in [1.165, 1.54) is 86.8 Å². The van der Waals surface area contributed by atoms with Gasteiger partial charge in [-0.15, -0.1) is 0 Å². The van der Waals surface area contributed by atoms with Gasteiger partial charge in [-0.2, -0.15) is 0 Å². The van der Waals surface area contributed by atoms with Gasteiger partial charge in [0, 0.05) is 11.5 Å². The molecule has 0 amide bonds. The lowest BCUT2D eigenvalue weighted by Crippen LogP contribution is -2.31. The minimum Gasteiger partial charge on any atom is -0.456 e. The van der Waals surface area contributed by atoms with Crippen LogP contribution in [0.4, 0.5) is 0 Å². The normalized spacial score (nSPS) is 15.7. The minimum absolute atomic E-state index is 0.704. The molecule has 1 aliphatic carbocycles. The number of pyridine rings is 1. The number of ether oxygens (including phenoxy) is 1. The molecule has 2 heterocycles. The summed E-state index contributed by atoms with van der Waals surface area (Å²) in [6.07, 6.45) is 8.98. The van der Waals surface area contributed by atoms with Crippen LogP contribution in [0.5, 0.6) is 11.5 Å². The Labute approximate surface area is 194 Å². The molecule has 1 saturated carbocycles. The van der Waals surface area contributed by atoms with E-state index >= 15 is 0 Å². The van der Waals surface area contributed by atoms with Crippen molar-refractivity contribution < 1.29 is 9.30 Å². The maximum Gasteiger partial charge on any atom is 0.228 e. The average Bonchev–Trinajstić information content (AvgIpc) is 2.85. The fraction of sp³-hybridized carbons (Fsp3) is 0.258. The maximum atomic E-state index is 6.63. The number of fused-ring (bicyclic) bond motifs is 5. The van der Waals surface area contributed by atoms with E-state index in [0.717, 1.165) is 11.5 Å². The minimum atomic E-state index is 0.704. The molecule has 0 bridgehead atoms. The van der Waals surface area contributed by atoms with E-state index in [1.807, 2.05) is 0 Å². The first-order valence-corrected chi connectivity index (χ1v) is 12.3. The fourth-order valence-corrected chi connectivity index (χ4v) is 6.33. The highest BCUT2D eigenvalue weighted by Gasteiger charge is 2.31. The molecule has 5 aromatic rings. The number of aryl methyl sites for hydroxylation is 2. The molecule has 2 aliphatic rings. The van der Waals surface area contributed by atoms with Crippen molar-refractivity contribution in [2.24, 2.45) is 7.05 Å². The molecule has 2 nitrogen and oxygen atoms in total. The zero-order valence-corrected chi connectivity index (χ0v) is 19.3. The zero-order chi connectivity index (χ0) is 22.1. The van der Waals surface area contributed by atoms with Crippen LogP contribution in [0.25, 0.3) is 43.6 Å². The van der Waals surface area contributed by atoms with E-state index in [4.69, 9.17) is 4.74 Å². The third-order valence-electron chi connectivity index (χ3n) is 8.03. The number of hydrogen-bond acceptors (Lipinski definition) is 1. The van der Waals surface area contributed by atoms with Crippen molar-refractivity contribution in [1.29, 1.82) is 0 Å². The van der Waals surface area contributed by atoms with Crippen molar-refractivity contribution in [3.05, 3.63) is 78.0 Å². The Morgan fingerprint density at radius 1 is 0.788 bits per heavy atom. The summed E-state index contributed by atoms with van der Waals surface area (Å²) in [5.41, 5.74) is 5.27. The van der Waals surface area contributed by atoms with Crippen LogP contribution in [0, 0.1) is 6.92 Å². The Kier molecular flexibility index (Phi) is 4.08. The quantitative estimate of drug-likeness (QED) is 0.190. The lowest BCUT2D eigenvalue weighted by Gasteiger charge is -2.24. The Morgan fingerprint density at radius 2 is 1.58 bits per heavy atom. The fourth-order valence-electron chi connectivity index (χ4n) is 6.33. The summed E-state index contributed by atoms with van der Waals surface area (Å²) < 4.78 is 8.90. The molecule has 0 unspecified atom stereocenters. The lowest BCUT2D eigenvalue weighted by atomic mass is 9.83. The van der Waals surface area contributed by atoms with Crippen LogP contribution in [0.2, 0.25) is 0 Å². The van der Waals surface area contributed by atoms with Gasteiger partial charge in [0.2, 0.25) is 5.69 Å². The van der Waals surface area contributed by atoms with E-state index in [0.29, 0.717) is 5.92 Å². The van der Waals surface area contributed by atoms with Crippen molar-refractivity contribution >= 4 is 32.3 Å². The Morgan fingerprint density at radius 3 is 2.45 bits per heavy atom. The monoisotopic (exact) mass is 430 g/mol. The first kappa shape index (κ1) is 19.1. The Bertz CT molecular complexity index is 1590. The van der Waals surface area contributed by atoms with Crippen LogP contribution in [0.3, 0.4) is 0 Å². The van der Waals surface area contributed by atoms with Gasteiger partial charge in [0.05, 0.1) is 10.9 Å². The lowest BCUT2D eigenvalue weighted by molar-refractivity contribution is -0.659. The molecule has 0 N–H and O–H groups in total. The topological polar surface area (TPSA) is 13.1 Å². The second-order valence-electron chi connectivity index (χ2n) is 9.95. The van der Waals surface area contributed by atoms with Crippen molar-refractivity contribution in [1.82, 2.24) is 0 Å². The summed E-state index contributed by atoms with van der Waals surface area (Å²) in [7, 11) is 2.16. The number of hydrogen-bond donors (Lipinski definition) is 0. The molecule has 1 fully saturated rings.